The van der Waals surface area contributed by atoms with Gasteiger partial charge in [-0.3, -0.25) is 4.79 Å². The average Bonchev–Trinajstić information content (AvgIpc) is 2.89. The number of carbonyl (C=O) groups excluding carboxylic acids is 1. The number of methoxy groups -OCH3 is 1. The summed E-state index contributed by atoms with van der Waals surface area (Å²) >= 11 is 0. The van der Waals surface area contributed by atoms with Crippen LogP contribution in [0.15, 0.2) is 42.5 Å². The minimum Gasteiger partial charge on any atom is -0.497 e. The molecule has 2 N–H and O–H groups in total. The third-order valence-electron chi connectivity index (χ3n) is 3.58. The van der Waals surface area contributed by atoms with E-state index in [1.165, 1.54) is 5.56 Å². The molecule has 1 aliphatic heterocycles. The first-order chi connectivity index (χ1) is 9.67. The second-order valence-corrected chi connectivity index (χ2v) is 4.92. The van der Waals surface area contributed by atoms with Crippen LogP contribution in [0.1, 0.15) is 21.5 Å². The smallest absolute Gasteiger partial charge is 0.254 e. The van der Waals surface area contributed by atoms with Crippen LogP contribution in [-0.2, 0) is 13.1 Å². The number of nitrogens with zero attached hydrogens (tertiary/aromatic N) is 1. The van der Waals surface area contributed by atoms with Gasteiger partial charge in [0.15, 0.2) is 0 Å². The van der Waals surface area contributed by atoms with Crippen LogP contribution >= 0.6 is 0 Å². The predicted octanol–water partition coefficient (Wildman–Crippen LogP) is 2.43. The van der Waals surface area contributed by atoms with Gasteiger partial charge in [-0.2, -0.15) is 0 Å². The zero-order valence-electron chi connectivity index (χ0n) is 11.3. The topological polar surface area (TPSA) is 55.6 Å². The van der Waals surface area contributed by atoms with Gasteiger partial charge in [0.1, 0.15) is 5.75 Å². The van der Waals surface area contributed by atoms with Gasteiger partial charge in [-0.05, 0) is 47.5 Å². The Balaban J connectivity index is 1.79. The minimum atomic E-state index is 0.0300. The molecule has 0 fully saturated rings. The second kappa shape index (κ2) is 4.89. The van der Waals surface area contributed by atoms with E-state index in [0.717, 1.165) is 17.0 Å². The molecular weight excluding hydrogens is 252 g/mol. The first-order valence-electron chi connectivity index (χ1n) is 6.48. The summed E-state index contributed by atoms with van der Waals surface area (Å²) in [6.07, 6.45) is 0. The number of nitrogens with two attached hydrogens (primary N) is 1. The molecule has 4 heteroatoms. The minimum absolute atomic E-state index is 0.0300. The van der Waals surface area contributed by atoms with Crippen molar-refractivity contribution in [2.24, 2.45) is 0 Å². The molecule has 20 heavy (non-hydrogen) atoms. The lowest BCUT2D eigenvalue weighted by Gasteiger charge is -2.15. The fraction of sp³-hybridized carbons (Fsp3) is 0.188. The Hall–Kier alpha value is -2.49. The second-order valence-electron chi connectivity index (χ2n) is 4.92. The first-order valence-corrected chi connectivity index (χ1v) is 6.48. The van der Waals surface area contributed by atoms with Crippen LogP contribution in [0.3, 0.4) is 0 Å². The molecule has 1 heterocycles. The molecule has 0 saturated heterocycles. The van der Waals surface area contributed by atoms with Crippen molar-refractivity contribution in [2.45, 2.75) is 13.1 Å². The molecule has 0 unspecified atom stereocenters. The highest BCUT2D eigenvalue weighted by molar-refractivity contribution is 5.94. The average molecular weight is 268 g/mol. The molecule has 0 bridgehead atoms. The Kier molecular flexibility index (Phi) is 3.06. The standard InChI is InChI=1S/C16H16N2O2/c1-20-15-6-3-11(4-7-15)16(19)18-9-12-2-5-14(17)8-13(12)10-18/h2-8H,9-10,17H2,1H3. The summed E-state index contributed by atoms with van der Waals surface area (Å²) in [5, 5.41) is 0. The SMILES string of the molecule is COc1ccc(C(=O)N2Cc3ccc(N)cc3C2)cc1. The highest BCUT2D eigenvalue weighted by Gasteiger charge is 2.24. The summed E-state index contributed by atoms with van der Waals surface area (Å²) in [5.41, 5.74) is 9.49. The van der Waals surface area contributed by atoms with E-state index in [0.29, 0.717) is 18.7 Å². The summed E-state index contributed by atoms with van der Waals surface area (Å²) < 4.78 is 5.10. The number of nitrogen functional groups attached to an aromatic ring is 1. The van der Waals surface area contributed by atoms with E-state index < -0.39 is 0 Å². The Morgan fingerprint density at radius 3 is 2.50 bits per heavy atom. The van der Waals surface area contributed by atoms with Gasteiger partial charge < -0.3 is 15.4 Å². The van der Waals surface area contributed by atoms with Gasteiger partial charge in [0.05, 0.1) is 7.11 Å². The number of anilines is 1. The lowest BCUT2D eigenvalue weighted by molar-refractivity contribution is 0.0751. The van der Waals surface area contributed by atoms with Crippen molar-refractivity contribution in [3.8, 4) is 5.75 Å². The summed E-state index contributed by atoms with van der Waals surface area (Å²) in [4.78, 5) is 14.3. The molecule has 0 aliphatic carbocycles. The summed E-state index contributed by atoms with van der Waals surface area (Å²) in [5.74, 6) is 0.779. The number of ether oxygens (including phenoxy) is 1. The molecule has 0 atom stereocenters. The van der Waals surface area contributed by atoms with Crippen molar-refractivity contribution in [1.82, 2.24) is 4.90 Å². The Morgan fingerprint density at radius 2 is 1.80 bits per heavy atom. The maximum Gasteiger partial charge on any atom is 0.254 e. The van der Waals surface area contributed by atoms with Crippen molar-refractivity contribution >= 4 is 11.6 Å². The van der Waals surface area contributed by atoms with E-state index in [9.17, 15) is 4.79 Å². The lowest BCUT2D eigenvalue weighted by atomic mass is 10.1. The van der Waals surface area contributed by atoms with Crippen molar-refractivity contribution in [2.75, 3.05) is 12.8 Å². The van der Waals surface area contributed by atoms with E-state index in [-0.39, 0.29) is 5.91 Å². The van der Waals surface area contributed by atoms with Gasteiger partial charge in [-0.25, -0.2) is 0 Å². The molecule has 4 nitrogen and oxygen atoms in total. The molecule has 3 rings (SSSR count). The van der Waals surface area contributed by atoms with Crippen LogP contribution in [0.5, 0.6) is 5.75 Å². The largest absolute Gasteiger partial charge is 0.497 e. The van der Waals surface area contributed by atoms with Gasteiger partial charge in [-0.1, -0.05) is 6.07 Å². The van der Waals surface area contributed by atoms with E-state index >= 15 is 0 Å². The predicted molar refractivity (Wildman–Crippen MR) is 77.4 cm³/mol. The Bertz CT molecular complexity index is 650. The van der Waals surface area contributed by atoms with E-state index in [2.05, 4.69) is 0 Å². The molecule has 1 aliphatic rings. The molecule has 0 saturated carbocycles. The van der Waals surface area contributed by atoms with E-state index in [4.69, 9.17) is 10.5 Å². The third kappa shape index (κ3) is 2.20. The molecule has 1 amide bonds. The number of hydrogen-bond donors (Lipinski definition) is 1. The van der Waals surface area contributed by atoms with Crippen LogP contribution in [0.4, 0.5) is 5.69 Å². The van der Waals surface area contributed by atoms with Gasteiger partial charge in [0.25, 0.3) is 5.91 Å². The molecule has 2 aromatic carbocycles. The number of benzene rings is 2. The first kappa shape index (κ1) is 12.5. The van der Waals surface area contributed by atoms with Crippen LogP contribution in [0.25, 0.3) is 0 Å². The monoisotopic (exact) mass is 268 g/mol. The lowest BCUT2D eigenvalue weighted by Crippen LogP contribution is -2.25. The number of amides is 1. The number of fused-ring (bicyclic) bond motifs is 1. The summed E-state index contributed by atoms with van der Waals surface area (Å²) in [6, 6.07) is 13.0. The molecule has 0 spiro atoms. The van der Waals surface area contributed by atoms with Gasteiger partial charge in [0, 0.05) is 24.3 Å². The summed E-state index contributed by atoms with van der Waals surface area (Å²) in [7, 11) is 1.61. The zero-order valence-corrected chi connectivity index (χ0v) is 11.3. The summed E-state index contributed by atoms with van der Waals surface area (Å²) in [6.45, 7) is 1.26. The van der Waals surface area contributed by atoms with Crippen LogP contribution in [0, 0.1) is 0 Å². The van der Waals surface area contributed by atoms with Crippen LogP contribution in [-0.4, -0.2) is 17.9 Å². The van der Waals surface area contributed by atoms with Gasteiger partial charge in [-0.15, -0.1) is 0 Å². The van der Waals surface area contributed by atoms with E-state index in [1.54, 1.807) is 31.4 Å². The number of rotatable bonds is 2. The maximum atomic E-state index is 12.5. The molecule has 0 radical (unpaired) electrons. The number of hydrogen-bond acceptors (Lipinski definition) is 3. The molecule has 2 aromatic rings. The molecule has 102 valence electrons. The zero-order chi connectivity index (χ0) is 14.1. The van der Waals surface area contributed by atoms with Crippen LogP contribution < -0.4 is 10.5 Å². The van der Waals surface area contributed by atoms with Crippen molar-refractivity contribution in [3.63, 3.8) is 0 Å². The maximum absolute atomic E-state index is 12.5. The van der Waals surface area contributed by atoms with Crippen molar-refractivity contribution < 1.29 is 9.53 Å². The van der Waals surface area contributed by atoms with Crippen molar-refractivity contribution in [3.05, 3.63) is 59.2 Å². The highest BCUT2D eigenvalue weighted by Crippen LogP contribution is 2.26. The van der Waals surface area contributed by atoms with Gasteiger partial charge >= 0.3 is 0 Å². The Morgan fingerprint density at radius 1 is 1.10 bits per heavy atom. The third-order valence-corrected chi connectivity index (χ3v) is 3.58. The van der Waals surface area contributed by atoms with E-state index in [1.807, 2.05) is 23.1 Å². The fourth-order valence-corrected chi connectivity index (χ4v) is 2.47. The van der Waals surface area contributed by atoms with Gasteiger partial charge in [0.2, 0.25) is 0 Å². The molecule has 0 aromatic heterocycles. The number of carbonyl (C=O) groups is 1. The quantitative estimate of drug-likeness (QED) is 0.851. The molecular formula is C16H16N2O2. The van der Waals surface area contributed by atoms with Crippen LogP contribution in [0.2, 0.25) is 0 Å². The Labute approximate surface area is 117 Å². The fourth-order valence-electron chi connectivity index (χ4n) is 2.47. The van der Waals surface area contributed by atoms with Crippen molar-refractivity contribution in [1.29, 1.82) is 0 Å². The normalized spacial score (nSPS) is 13.2. The highest BCUT2D eigenvalue weighted by atomic mass is 16.5.